The minimum Gasteiger partial charge on any atom is -1.00 e. The van der Waals surface area contributed by atoms with Crippen molar-refractivity contribution in [1.29, 1.82) is 0 Å². The predicted octanol–water partition coefficient (Wildman–Crippen LogP) is 4.20. The van der Waals surface area contributed by atoms with Crippen LogP contribution >= 0.6 is 0 Å². The Hall–Kier alpha value is -0.131. The van der Waals surface area contributed by atoms with Crippen LogP contribution in [0.3, 0.4) is 0 Å². The number of hydrogen-bond acceptors (Lipinski definition) is 0. The first-order valence-corrected chi connectivity index (χ1v) is 5.46. The maximum absolute atomic E-state index is 2.36. The molecule has 0 nitrogen and oxygen atoms in total. The quantitative estimate of drug-likeness (QED) is 0.629. The Morgan fingerprint density at radius 1 is 0.867 bits per heavy atom. The standard InChI is InChI=1S/C14H20.Ir.4H/c1-8-9(2)11(4)13-12(10(8)3)7-14(13,5)6;;;;;/h7H2,1-6H3;;;;;/q;;4*-1. The second-order valence-corrected chi connectivity index (χ2v) is 5.41. The van der Waals surface area contributed by atoms with Crippen LogP contribution < -0.4 is 0 Å². The van der Waals surface area contributed by atoms with Crippen LogP contribution in [0.2, 0.25) is 0 Å². The van der Waals surface area contributed by atoms with Crippen molar-refractivity contribution in [3.8, 4) is 0 Å². The third kappa shape index (κ3) is 1.61. The van der Waals surface area contributed by atoms with Crippen molar-refractivity contribution in [2.45, 2.75) is 53.4 Å². The molecule has 0 atom stereocenters. The molecule has 93 valence electrons. The van der Waals surface area contributed by atoms with Gasteiger partial charge in [0.15, 0.2) is 0 Å². The Morgan fingerprint density at radius 3 is 1.80 bits per heavy atom. The molecule has 1 radical (unpaired) electrons. The SMILES string of the molecule is Cc1c(C)c(C)c2c(c1C)CC2(C)C.[H-].[H-].[H-].[H-].[Ir]. The molecule has 0 aromatic heterocycles. The van der Waals surface area contributed by atoms with Gasteiger partial charge in [-0.25, -0.2) is 0 Å². The molecule has 1 aromatic carbocycles. The molecule has 0 fully saturated rings. The van der Waals surface area contributed by atoms with E-state index in [0.29, 0.717) is 5.41 Å². The van der Waals surface area contributed by atoms with Gasteiger partial charge in [0.05, 0.1) is 0 Å². The molecule has 0 saturated heterocycles. The van der Waals surface area contributed by atoms with E-state index in [4.69, 9.17) is 0 Å². The summed E-state index contributed by atoms with van der Waals surface area (Å²) in [5.41, 5.74) is 9.71. The van der Waals surface area contributed by atoms with Crippen LogP contribution in [0.15, 0.2) is 0 Å². The van der Waals surface area contributed by atoms with Crippen LogP contribution in [0, 0.1) is 27.7 Å². The number of rotatable bonds is 0. The Bertz CT molecular complexity index is 405. The van der Waals surface area contributed by atoms with E-state index >= 15 is 0 Å². The molecule has 15 heavy (non-hydrogen) atoms. The van der Waals surface area contributed by atoms with Gasteiger partial charge in [-0.1, -0.05) is 13.8 Å². The minimum atomic E-state index is 0. The van der Waals surface area contributed by atoms with Crippen LogP contribution in [-0.4, -0.2) is 0 Å². The first-order valence-electron chi connectivity index (χ1n) is 5.46. The van der Waals surface area contributed by atoms with Crippen molar-refractivity contribution in [1.82, 2.24) is 0 Å². The van der Waals surface area contributed by atoms with Gasteiger partial charge in [-0.3, -0.25) is 0 Å². The van der Waals surface area contributed by atoms with Crippen molar-refractivity contribution in [3.63, 3.8) is 0 Å². The second-order valence-electron chi connectivity index (χ2n) is 5.41. The summed E-state index contributed by atoms with van der Waals surface area (Å²) in [4.78, 5) is 0. The van der Waals surface area contributed by atoms with Crippen LogP contribution in [0.4, 0.5) is 0 Å². The molecule has 0 saturated carbocycles. The van der Waals surface area contributed by atoms with E-state index in [9.17, 15) is 0 Å². The van der Waals surface area contributed by atoms with E-state index in [1.165, 1.54) is 28.7 Å². The summed E-state index contributed by atoms with van der Waals surface area (Å²) in [6.07, 6.45) is 1.26. The van der Waals surface area contributed by atoms with Gasteiger partial charge in [0.1, 0.15) is 0 Å². The Balaban J connectivity index is -0.000000225. The fourth-order valence-electron chi connectivity index (χ4n) is 2.95. The molecular weight excluding hydrogens is 360 g/mol. The normalized spacial score (nSPS) is 16.4. The zero-order valence-corrected chi connectivity index (χ0v) is 12.9. The number of hydrogen-bond donors (Lipinski definition) is 0. The molecule has 0 aliphatic heterocycles. The fourth-order valence-corrected chi connectivity index (χ4v) is 2.95. The van der Waals surface area contributed by atoms with Crippen LogP contribution in [0.25, 0.3) is 0 Å². The van der Waals surface area contributed by atoms with E-state index in [1.54, 1.807) is 11.1 Å². The second kappa shape index (κ2) is 3.71. The summed E-state index contributed by atoms with van der Waals surface area (Å²) in [5.74, 6) is 0. The Morgan fingerprint density at radius 2 is 1.33 bits per heavy atom. The summed E-state index contributed by atoms with van der Waals surface area (Å²) >= 11 is 0. The molecule has 0 unspecified atom stereocenters. The molecule has 1 aromatic rings. The Kier molecular flexibility index (Phi) is 3.20. The summed E-state index contributed by atoms with van der Waals surface area (Å²) in [6.45, 7) is 13.8. The predicted molar refractivity (Wildman–Crippen MR) is 66.6 cm³/mol. The maximum atomic E-state index is 2.36. The van der Waals surface area contributed by atoms with Gasteiger partial charge >= 0.3 is 0 Å². The van der Waals surface area contributed by atoms with Gasteiger partial charge in [-0.05, 0) is 72.9 Å². The zero-order valence-electron chi connectivity index (χ0n) is 14.5. The molecule has 1 aliphatic rings. The molecule has 2 rings (SSSR count). The first-order chi connectivity index (χ1) is 6.36. The number of fused-ring (bicyclic) bond motifs is 1. The zero-order chi connectivity index (χ0) is 10.7. The molecule has 0 amide bonds. The van der Waals surface area contributed by atoms with Crippen molar-refractivity contribution in [2.24, 2.45) is 0 Å². The first kappa shape index (κ1) is 12.9. The fraction of sp³-hybridized carbons (Fsp3) is 0.571. The van der Waals surface area contributed by atoms with Gasteiger partial charge in [0.25, 0.3) is 0 Å². The molecular formula is C14H24Ir-4. The van der Waals surface area contributed by atoms with Crippen LogP contribution in [0.1, 0.15) is 52.9 Å². The largest absolute Gasteiger partial charge is 1.00 e. The minimum absolute atomic E-state index is 0. The molecule has 0 heterocycles. The van der Waals surface area contributed by atoms with E-state index in [-0.39, 0.29) is 25.8 Å². The monoisotopic (exact) mass is 385 g/mol. The molecule has 0 spiro atoms. The topological polar surface area (TPSA) is 0 Å². The third-order valence-corrected chi connectivity index (χ3v) is 4.11. The molecule has 1 heteroatoms. The van der Waals surface area contributed by atoms with E-state index in [2.05, 4.69) is 41.5 Å². The van der Waals surface area contributed by atoms with Crippen molar-refractivity contribution in [2.75, 3.05) is 0 Å². The van der Waals surface area contributed by atoms with Crippen molar-refractivity contribution < 1.29 is 25.8 Å². The summed E-state index contributed by atoms with van der Waals surface area (Å²) in [5, 5.41) is 0. The molecule has 0 N–H and O–H groups in total. The van der Waals surface area contributed by atoms with Gasteiger partial charge in [-0.15, -0.1) is 0 Å². The Labute approximate surface area is 113 Å². The van der Waals surface area contributed by atoms with E-state index in [0.717, 1.165) is 0 Å². The molecule has 0 bridgehead atoms. The van der Waals surface area contributed by atoms with Crippen molar-refractivity contribution >= 4 is 0 Å². The van der Waals surface area contributed by atoms with Gasteiger partial charge < -0.3 is 5.71 Å². The third-order valence-electron chi connectivity index (χ3n) is 4.11. The van der Waals surface area contributed by atoms with Crippen LogP contribution in [-0.2, 0) is 31.9 Å². The van der Waals surface area contributed by atoms with Gasteiger partial charge in [-0.2, -0.15) is 0 Å². The summed E-state index contributed by atoms with van der Waals surface area (Å²) in [7, 11) is 0. The summed E-state index contributed by atoms with van der Waals surface area (Å²) in [6, 6.07) is 0. The van der Waals surface area contributed by atoms with Crippen LogP contribution in [0.5, 0.6) is 0 Å². The smallest absolute Gasteiger partial charge is 0 e. The number of benzene rings is 1. The van der Waals surface area contributed by atoms with Crippen molar-refractivity contribution in [3.05, 3.63) is 33.4 Å². The van der Waals surface area contributed by atoms with Gasteiger partial charge in [0.2, 0.25) is 0 Å². The van der Waals surface area contributed by atoms with Gasteiger partial charge in [0, 0.05) is 20.1 Å². The average molecular weight is 385 g/mol. The van der Waals surface area contributed by atoms with E-state index in [1.807, 2.05) is 0 Å². The molecule has 1 aliphatic carbocycles. The van der Waals surface area contributed by atoms with E-state index < -0.39 is 0 Å². The summed E-state index contributed by atoms with van der Waals surface area (Å²) < 4.78 is 0. The average Bonchev–Trinajstić information content (AvgIpc) is 2.09. The maximum Gasteiger partial charge on any atom is 0 e.